The van der Waals surface area contributed by atoms with Gasteiger partial charge in [0.1, 0.15) is 11.4 Å². The number of urea groups is 1. The van der Waals surface area contributed by atoms with Crippen molar-refractivity contribution in [2.45, 2.75) is 104 Å². The fourth-order valence-corrected chi connectivity index (χ4v) is 5.03. The maximum atomic E-state index is 14.2. The summed E-state index contributed by atoms with van der Waals surface area (Å²) in [6.45, 7) is 20.0. The van der Waals surface area contributed by atoms with Gasteiger partial charge in [0.15, 0.2) is 11.3 Å². The summed E-state index contributed by atoms with van der Waals surface area (Å²) in [7, 11) is 0. The van der Waals surface area contributed by atoms with Crippen LogP contribution >= 0.6 is 0 Å². The minimum Gasteiger partial charge on any atom is -0.501 e. The van der Waals surface area contributed by atoms with E-state index in [1.54, 1.807) is 48.5 Å². The van der Waals surface area contributed by atoms with E-state index in [1.807, 2.05) is 37.3 Å². The highest BCUT2D eigenvalue weighted by atomic mass is 19.3. The Morgan fingerprint density at radius 3 is 2.17 bits per heavy atom. The zero-order chi connectivity index (χ0) is 34.9. The molecule has 46 heavy (non-hydrogen) atoms. The van der Waals surface area contributed by atoms with Gasteiger partial charge < -0.3 is 29.2 Å². The Bertz CT molecular complexity index is 1290. The summed E-state index contributed by atoms with van der Waals surface area (Å²) in [6, 6.07) is 8.02. The van der Waals surface area contributed by atoms with E-state index in [0.717, 1.165) is 5.56 Å². The first-order chi connectivity index (χ1) is 21.4. The van der Waals surface area contributed by atoms with Gasteiger partial charge >= 0.3 is 12.0 Å². The highest BCUT2D eigenvalue weighted by molar-refractivity contribution is 5.97. The zero-order valence-electron chi connectivity index (χ0n) is 28.6. The number of Topliss-reactive ketones (excluding diaryl/α,β-unsaturated/α-hetero) is 1. The average Bonchev–Trinajstić information content (AvgIpc) is 2.96. The molecule has 11 heteroatoms. The molecule has 1 saturated carbocycles. The normalized spacial score (nSPS) is 17.4. The molecule has 256 valence electrons. The fraction of sp³-hybridized carbons (Fsp3) is 0.571. The summed E-state index contributed by atoms with van der Waals surface area (Å²) in [5, 5.41) is 2.58. The maximum absolute atomic E-state index is 14.2. The van der Waals surface area contributed by atoms with Gasteiger partial charge in [-0.1, -0.05) is 36.9 Å². The SMILES string of the molecule is C=C(/C(C)=C(OCC)\C(=C\OCC)C(C)=O)C(C)N(CCO[C@@H](C)c1ccccc1)C(=O)NC1(C(=O)OC(C)(C)C)CC(F)(F)C1. The third kappa shape index (κ3) is 10.4. The van der Waals surface area contributed by atoms with Crippen molar-refractivity contribution in [3.63, 3.8) is 0 Å². The molecule has 1 unspecified atom stereocenters. The van der Waals surface area contributed by atoms with E-state index < -0.39 is 47.9 Å². The number of amides is 2. The maximum Gasteiger partial charge on any atom is 0.332 e. The van der Waals surface area contributed by atoms with Crippen LogP contribution in [0.5, 0.6) is 0 Å². The van der Waals surface area contributed by atoms with E-state index in [1.165, 1.54) is 18.1 Å². The molecule has 0 heterocycles. The van der Waals surface area contributed by atoms with E-state index >= 15 is 0 Å². The number of hydrogen-bond acceptors (Lipinski definition) is 7. The second-order valence-corrected chi connectivity index (χ2v) is 12.5. The summed E-state index contributed by atoms with van der Waals surface area (Å²) in [4.78, 5) is 41.0. The second kappa shape index (κ2) is 16.2. The predicted molar refractivity (Wildman–Crippen MR) is 172 cm³/mol. The highest BCUT2D eigenvalue weighted by Gasteiger charge is 2.63. The molecule has 0 bridgehead atoms. The van der Waals surface area contributed by atoms with Crippen LogP contribution in [0.3, 0.4) is 0 Å². The van der Waals surface area contributed by atoms with Gasteiger partial charge in [-0.3, -0.25) is 4.79 Å². The number of esters is 1. The molecule has 9 nitrogen and oxygen atoms in total. The van der Waals surface area contributed by atoms with Crippen molar-refractivity contribution < 1.29 is 42.1 Å². The Kier molecular flexibility index (Phi) is 13.5. The number of nitrogens with zero attached hydrogens (tertiary/aromatic N) is 1. The molecule has 2 atom stereocenters. The van der Waals surface area contributed by atoms with Crippen LogP contribution in [0.25, 0.3) is 0 Å². The van der Waals surface area contributed by atoms with Crippen LogP contribution in [0.1, 0.15) is 86.8 Å². The summed E-state index contributed by atoms with van der Waals surface area (Å²) in [6.07, 6.45) is -0.734. The third-order valence-electron chi connectivity index (χ3n) is 7.56. The summed E-state index contributed by atoms with van der Waals surface area (Å²) < 4.78 is 51.2. The molecule has 1 aliphatic carbocycles. The molecule has 0 radical (unpaired) electrons. The molecule has 1 aliphatic rings. The van der Waals surface area contributed by atoms with Gasteiger partial charge in [0, 0.05) is 19.4 Å². The van der Waals surface area contributed by atoms with E-state index in [0.29, 0.717) is 17.8 Å². The van der Waals surface area contributed by atoms with Crippen molar-refractivity contribution in [2.24, 2.45) is 0 Å². The largest absolute Gasteiger partial charge is 0.501 e. The average molecular weight is 649 g/mol. The van der Waals surface area contributed by atoms with Crippen LogP contribution < -0.4 is 5.32 Å². The lowest BCUT2D eigenvalue weighted by Crippen LogP contribution is -2.69. The quantitative estimate of drug-likeness (QED) is 0.0887. The smallest absolute Gasteiger partial charge is 0.332 e. The standard InChI is InChI=1S/C35H50F2N2O7/c1-11-43-20-29(26(6)40)30(44-12-2)24(4)23(3)25(5)39(18-19-45-27(7)28-16-14-13-15-17-28)32(42)38-34(21-35(36,37)22-34)31(41)46-33(8,9)10/h13-17,20,25,27H,3,11-12,18-19,21-22H2,1-2,4-10H3,(H,38,42)/b29-20+,30-24+/t25?,27-/m0/s1. The van der Waals surface area contributed by atoms with Crippen molar-refractivity contribution in [3.8, 4) is 0 Å². The van der Waals surface area contributed by atoms with Crippen molar-refractivity contribution >= 4 is 17.8 Å². The lowest BCUT2D eigenvalue weighted by Gasteiger charge is -2.47. The van der Waals surface area contributed by atoms with E-state index in [2.05, 4.69) is 11.9 Å². The van der Waals surface area contributed by atoms with Gasteiger partial charge in [-0.05, 0) is 79.0 Å². The number of ketones is 1. The molecule has 0 aliphatic heterocycles. The van der Waals surface area contributed by atoms with Gasteiger partial charge in [-0.2, -0.15) is 0 Å². The van der Waals surface area contributed by atoms with Gasteiger partial charge in [0.2, 0.25) is 0 Å². The molecular weight excluding hydrogens is 598 g/mol. The molecule has 2 rings (SSSR count). The van der Waals surface area contributed by atoms with Gasteiger partial charge in [-0.25, -0.2) is 18.4 Å². The van der Waals surface area contributed by atoms with Gasteiger partial charge in [0.05, 0.1) is 43.8 Å². The van der Waals surface area contributed by atoms with Crippen molar-refractivity contribution in [1.29, 1.82) is 0 Å². The summed E-state index contributed by atoms with van der Waals surface area (Å²) >= 11 is 0. The number of nitrogens with one attached hydrogen (secondary N) is 1. The van der Waals surface area contributed by atoms with Crippen LogP contribution in [0.4, 0.5) is 13.6 Å². The summed E-state index contributed by atoms with van der Waals surface area (Å²) in [5.41, 5.74) is -0.814. The fourth-order valence-electron chi connectivity index (χ4n) is 5.03. The first kappa shape index (κ1) is 38.5. The predicted octanol–water partition coefficient (Wildman–Crippen LogP) is 7.05. The van der Waals surface area contributed by atoms with E-state index in [-0.39, 0.29) is 43.0 Å². The molecule has 0 spiro atoms. The van der Waals surface area contributed by atoms with Crippen LogP contribution in [-0.2, 0) is 28.5 Å². The molecule has 0 saturated heterocycles. The Balaban J connectivity index is 2.47. The topological polar surface area (TPSA) is 103 Å². The molecule has 1 aromatic rings. The first-order valence-electron chi connectivity index (χ1n) is 15.6. The van der Waals surface area contributed by atoms with Crippen molar-refractivity contribution in [1.82, 2.24) is 10.2 Å². The Morgan fingerprint density at radius 1 is 1.07 bits per heavy atom. The molecular formula is C35H50F2N2O7. The number of alkyl halides is 2. The number of allylic oxidation sites excluding steroid dienone is 1. The van der Waals surface area contributed by atoms with Crippen LogP contribution in [-0.4, -0.2) is 72.2 Å². The monoisotopic (exact) mass is 648 g/mol. The number of halogens is 2. The number of carbonyl (C=O) groups excluding carboxylic acids is 3. The molecule has 2 amide bonds. The zero-order valence-corrected chi connectivity index (χ0v) is 28.6. The number of rotatable bonds is 16. The summed E-state index contributed by atoms with van der Waals surface area (Å²) in [5.74, 6) is -4.11. The number of ether oxygens (including phenoxy) is 4. The lowest BCUT2D eigenvalue weighted by atomic mass is 9.73. The minimum absolute atomic E-state index is 0.0234. The Labute approximate surface area is 272 Å². The molecule has 1 N–H and O–H groups in total. The van der Waals surface area contributed by atoms with Crippen LogP contribution in [0.2, 0.25) is 0 Å². The molecule has 1 aromatic carbocycles. The highest BCUT2D eigenvalue weighted by Crippen LogP contribution is 2.47. The number of carbonyl (C=O) groups is 3. The Morgan fingerprint density at radius 2 is 1.67 bits per heavy atom. The molecule has 0 aromatic heterocycles. The van der Waals surface area contributed by atoms with Gasteiger partial charge in [-0.15, -0.1) is 0 Å². The van der Waals surface area contributed by atoms with E-state index in [4.69, 9.17) is 18.9 Å². The second-order valence-electron chi connectivity index (χ2n) is 12.5. The van der Waals surface area contributed by atoms with Crippen molar-refractivity contribution in [2.75, 3.05) is 26.4 Å². The third-order valence-corrected chi connectivity index (χ3v) is 7.56. The molecule has 1 fully saturated rings. The Hall–Kier alpha value is -3.73. The number of hydrogen-bond donors (Lipinski definition) is 1. The van der Waals surface area contributed by atoms with Crippen LogP contribution in [0, 0.1) is 0 Å². The van der Waals surface area contributed by atoms with Crippen LogP contribution in [0.15, 0.2) is 65.7 Å². The minimum atomic E-state index is -3.14. The lowest BCUT2D eigenvalue weighted by molar-refractivity contribution is -0.190. The first-order valence-corrected chi connectivity index (χ1v) is 15.6. The van der Waals surface area contributed by atoms with E-state index in [9.17, 15) is 23.2 Å². The van der Waals surface area contributed by atoms with Crippen molar-refractivity contribution in [3.05, 3.63) is 71.2 Å². The van der Waals surface area contributed by atoms with Gasteiger partial charge in [0.25, 0.3) is 5.92 Å². The number of benzene rings is 1.